The van der Waals surface area contributed by atoms with Gasteiger partial charge in [0.15, 0.2) is 0 Å². The lowest BCUT2D eigenvalue weighted by Crippen LogP contribution is -2.50. The molecular formula is C23H24N4O4. The first-order chi connectivity index (χ1) is 15.0. The summed E-state index contributed by atoms with van der Waals surface area (Å²) in [4.78, 5) is 43.8. The summed E-state index contributed by atoms with van der Waals surface area (Å²) >= 11 is 0. The number of piperazine rings is 1. The van der Waals surface area contributed by atoms with E-state index in [1.807, 2.05) is 35.2 Å². The molecule has 0 saturated carbocycles. The molecule has 0 bridgehead atoms. The third-order valence-corrected chi connectivity index (χ3v) is 5.35. The van der Waals surface area contributed by atoms with Crippen molar-refractivity contribution < 1.29 is 19.1 Å². The Morgan fingerprint density at radius 3 is 2.52 bits per heavy atom. The van der Waals surface area contributed by atoms with Crippen molar-refractivity contribution in [3.05, 3.63) is 65.9 Å². The van der Waals surface area contributed by atoms with Gasteiger partial charge in [-0.15, -0.1) is 0 Å². The number of aromatic amines is 1. The highest BCUT2D eigenvalue weighted by atomic mass is 16.5. The van der Waals surface area contributed by atoms with E-state index in [1.54, 1.807) is 29.2 Å². The minimum absolute atomic E-state index is 0.0278. The number of aromatic nitrogens is 1. The Hall–Kier alpha value is -3.65. The number of rotatable bonds is 5. The van der Waals surface area contributed by atoms with Gasteiger partial charge in [-0.25, -0.2) is 4.79 Å². The number of esters is 1. The number of hydrogen-bond donors (Lipinski definition) is 2. The van der Waals surface area contributed by atoms with Crippen molar-refractivity contribution >= 4 is 34.4 Å². The second-order valence-electron chi connectivity index (χ2n) is 7.46. The third-order valence-electron chi connectivity index (χ3n) is 5.35. The minimum atomic E-state index is -0.452. The van der Waals surface area contributed by atoms with E-state index in [0.717, 1.165) is 10.9 Å². The number of amides is 2. The van der Waals surface area contributed by atoms with Gasteiger partial charge in [-0.05, 0) is 30.3 Å². The summed E-state index contributed by atoms with van der Waals surface area (Å²) < 4.78 is 4.70. The molecule has 1 aliphatic rings. The van der Waals surface area contributed by atoms with Crippen LogP contribution in [-0.2, 0) is 9.53 Å². The number of carbonyl (C=O) groups excluding carboxylic acids is 3. The van der Waals surface area contributed by atoms with Crippen molar-refractivity contribution in [1.82, 2.24) is 14.8 Å². The molecule has 0 unspecified atom stereocenters. The van der Waals surface area contributed by atoms with Crippen molar-refractivity contribution in [3.8, 4) is 0 Å². The average molecular weight is 420 g/mol. The van der Waals surface area contributed by atoms with Crippen LogP contribution in [0.1, 0.15) is 20.8 Å². The van der Waals surface area contributed by atoms with Crippen LogP contribution in [0.4, 0.5) is 5.69 Å². The summed E-state index contributed by atoms with van der Waals surface area (Å²) in [5, 5.41) is 3.82. The SMILES string of the molecule is COC(=O)c1cccc(NC(=O)CN2CCN(C(=O)c3cc4ccccc4[nH]3)CC2)c1. The molecular weight excluding hydrogens is 396 g/mol. The Kier molecular flexibility index (Phi) is 5.99. The third kappa shape index (κ3) is 4.75. The molecule has 3 aromatic rings. The first kappa shape index (κ1) is 20.6. The number of nitrogens with one attached hydrogen (secondary N) is 2. The molecule has 0 aliphatic carbocycles. The predicted octanol–water partition coefficient (Wildman–Crippen LogP) is 2.35. The summed E-state index contributed by atoms with van der Waals surface area (Å²) in [6.07, 6.45) is 0. The maximum absolute atomic E-state index is 12.8. The highest BCUT2D eigenvalue weighted by Gasteiger charge is 2.24. The van der Waals surface area contributed by atoms with Crippen LogP contribution in [0.2, 0.25) is 0 Å². The first-order valence-electron chi connectivity index (χ1n) is 10.1. The summed E-state index contributed by atoms with van der Waals surface area (Å²) in [6.45, 7) is 2.55. The number of carbonyl (C=O) groups is 3. The number of anilines is 1. The number of para-hydroxylation sites is 1. The van der Waals surface area contributed by atoms with Crippen LogP contribution in [0.25, 0.3) is 10.9 Å². The van der Waals surface area contributed by atoms with Crippen LogP contribution in [0.5, 0.6) is 0 Å². The van der Waals surface area contributed by atoms with Crippen LogP contribution in [0.15, 0.2) is 54.6 Å². The van der Waals surface area contributed by atoms with Crippen molar-refractivity contribution in [1.29, 1.82) is 0 Å². The molecule has 0 spiro atoms. The lowest BCUT2D eigenvalue weighted by molar-refractivity contribution is -0.117. The molecule has 1 aliphatic heterocycles. The second kappa shape index (κ2) is 9.01. The minimum Gasteiger partial charge on any atom is -0.465 e. The summed E-state index contributed by atoms with van der Waals surface area (Å²) in [5.74, 6) is -0.649. The molecule has 8 nitrogen and oxygen atoms in total. The van der Waals surface area contributed by atoms with E-state index in [1.165, 1.54) is 7.11 Å². The number of hydrogen-bond acceptors (Lipinski definition) is 5. The molecule has 8 heteroatoms. The standard InChI is InChI=1S/C23H24N4O4/c1-31-23(30)17-6-4-7-18(13-17)24-21(28)15-26-9-11-27(12-10-26)22(29)20-14-16-5-2-3-8-19(16)25-20/h2-8,13-14,25H,9-12,15H2,1H3,(H,24,28). The topological polar surface area (TPSA) is 94.7 Å². The Labute approximate surface area is 179 Å². The van der Waals surface area contributed by atoms with E-state index in [2.05, 4.69) is 10.3 Å². The lowest BCUT2D eigenvalue weighted by atomic mass is 10.2. The molecule has 31 heavy (non-hydrogen) atoms. The molecule has 0 radical (unpaired) electrons. The second-order valence-corrected chi connectivity index (χ2v) is 7.46. The number of fused-ring (bicyclic) bond motifs is 1. The van der Waals surface area contributed by atoms with Gasteiger partial charge in [0.1, 0.15) is 5.69 Å². The molecule has 1 saturated heterocycles. The van der Waals surface area contributed by atoms with Gasteiger partial charge >= 0.3 is 5.97 Å². The van der Waals surface area contributed by atoms with Gasteiger partial charge in [0, 0.05) is 42.8 Å². The van der Waals surface area contributed by atoms with E-state index in [9.17, 15) is 14.4 Å². The Bertz CT molecular complexity index is 1080. The fourth-order valence-corrected chi connectivity index (χ4v) is 3.71. The van der Waals surface area contributed by atoms with E-state index in [0.29, 0.717) is 43.1 Å². The zero-order valence-corrected chi connectivity index (χ0v) is 17.3. The summed E-state index contributed by atoms with van der Waals surface area (Å²) in [7, 11) is 1.32. The number of nitrogens with zero attached hydrogens (tertiary/aromatic N) is 2. The molecule has 160 valence electrons. The predicted molar refractivity (Wildman–Crippen MR) is 117 cm³/mol. The molecule has 0 atom stereocenters. The maximum Gasteiger partial charge on any atom is 0.337 e. The summed E-state index contributed by atoms with van der Waals surface area (Å²) in [5.41, 5.74) is 2.44. The van der Waals surface area contributed by atoms with E-state index < -0.39 is 5.97 Å². The fourth-order valence-electron chi connectivity index (χ4n) is 3.71. The normalized spacial score (nSPS) is 14.4. The highest BCUT2D eigenvalue weighted by molar-refractivity contribution is 5.98. The van der Waals surface area contributed by atoms with E-state index in [4.69, 9.17) is 4.74 Å². The van der Waals surface area contributed by atoms with Crippen LogP contribution in [-0.4, -0.2) is 72.4 Å². The van der Waals surface area contributed by atoms with E-state index in [-0.39, 0.29) is 18.4 Å². The number of methoxy groups -OCH3 is 1. The van der Waals surface area contributed by atoms with Crippen molar-refractivity contribution in [3.63, 3.8) is 0 Å². The van der Waals surface area contributed by atoms with Crippen LogP contribution >= 0.6 is 0 Å². The van der Waals surface area contributed by atoms with Crippen LogP contribution in [0, 0.1) is 0 Å². The monoisotopic (exact) mass is 420 g/mol. The molecule has 2 aromatic carbocycles. The zero-order valence-electron chi connectivity index (χ0n) is 17.3. The van der Waals surface area contributed by atoms with Crippen LogP contribution in [0.3, 0.4) is 0 Å². The summed E-state index contributed by atoms with van der Waals surface area (Å²) in [6, 6.07) is 16.3. The highest BCUT2D eigenvalue weighted by Crippen LogP contribution is 2.17. The largest absolute Gasteiger partial charge is 0.465 e. The van der Waals surface area contributed by atoms with Crippen LogP contribution < -0.4 is 5.32 Å². The molecule has 1 aromatic heterocycles. The average Bonchev–Trinajstić information content (AvgIpc) is 3.23. The van der Waals surface area contributed by atoms with Gasteiger partial charge < -0.3 is 19.9 Å². The van der Waals surface area contributed by atoms with Gasteiger partial charge in [-0.1, -0.05) is 24.3 Å². The Morgan fingerprint density at radius 1 is 1.00 bits per heavy atom. The first-order valence-corrected chi connectivity index (χ1v) is 10.1. The van der Waals surface area contributed by atoms with Crippen molar-refractivity contribution in [2.24, 2.45) is 0 Å². The molecule has 1 fully saturated rings. The molecule has 4 rings (SSSR count). The Morgan fingerprint density at radius 2 is 1.77 bits per heavy atom. The number of H-pyrrole nitrogens is 1. The van der Waals surface area contributed by atoms with Gasteiger partial charge in [-0.2, -0.15) is 0 Å². The van der Waals surface area contributed by atoms with Gasteiger partial charge in [0.05, 0.1) is 19.2 Å². The smallest absolute Gasteiger partial charge is 0.337 e. The van der Waals surface area contributed by atoms with Gasteiger partial charge in [0.2, 0.25) is 5.91 Å². The Balaban J connectivity index is 1.29. The van der Waals surface area contributed by atoms with Crippen molar-refractivity contribution in [2.75, 3.05) is 45.2 Å². The van der Waals surface area contributed by atoms with Gasteiger partial charge in [0.25, 0.3) is 5.91 Å². The quantitative estimate of drug-likeness (QED) is 0.618. The number of benzene rings is 2. The zero-order chi connectivity index (χ0) is 21.8. The fraction of sp³-hybridized carbons (Fsp3) is 0.261. The molecule has 2 amide bonds. The number of ether oxygens (including phenoxy) is 1. The van der Waals surface area contributed by atoms with E-state index >= 15 is 0 Å². The maximum atomic E-state index is 12.8. The molecule has 2 heterocycles. The van der Waals surface area contributed by atoms with Gasteiger partial charge in [-0.3, -0.25) is 14.5 Å². The molecule has 2 N–H and O–H groups in total. The van der Waals surface area contributed by atoms with Crippen molar-refractivity contribution in [2.45, 2.75) is 0 Å². The lowest BCUT2D eigenvalue weighted by Gasteiger charge is -2.34.